The molecule has 0 spiro atoms. The molecule has 0 saturated carbocycles. The Morgan fingerprint density at radius 3 is 0.765 bits per heavy atom. The summed E-state index contributed by atoms with van der Waals surface area (Å²) >= 11 is 7.21. The average molecular weight is 376 g/mol. The second-order valence-electron chi connectivity index (χ2n) is 1.60. The van der Waals surface area contributed by atoms with Gasteiger partial charge in [-0.05, 0) is 23.6 Å². The Morgan fingerprint density at radius 1 is 0.765 bits per heavy atom. The summed E-state index contributed by atoms with van der Waals surface area (Å²) in [4.78, 5) is 45.3. The van der Waals surface area contributed by atoms with Crippen LogP contribution >= 0.6 is 13.4 Å². The maximum Gasteiger partial charge on any atom is 2.00 e. The largest absolute Gasteiger partial charge is 2.00 e. The van der Waals surface area contributed by atoms with Crippen LogP contribution in [0.15, 0.2) is 25.3 Å². The van der Waals surface area contributed by atoms with Crippen molar-refractivity contribution in [1.82, 2.24) is 0 Å². The maximum absolute atomic E-state index is 7.56. The summed E-state index contributed by atoms with van der Waals surface area (Å²) in [7, 11) is 0. The van der Waals surface area contributed by atoms with Crippen LogP contribution in [0.25, 0.3) is 0 Å². The third-order valence-corrected chi connectivity index (χ3v) is 0. The van der Waals surface area contributed by atoms with Gasteiger partial charge in [0.25, 0.3) is 0 Å². The van der Waals surface area contributed by atoms with Crippen molar-refractivity contribution in [3.8, 4) is 0 Å². The van der Waals surface area contributed by atoms with Gasteiger partial charge in [0.15, 0.2) is 0 Å². The second kappa shape index (κ2) is 19.2. The first kappa shape index (κ1) is 30.7. The molecule has 0 radical (unpaired) electrons. The molecule has 0 rings (SSSR count). The molecule has 11 heteroatoms. The molecular weight excluding hydrogens is 360 g/mol. The van der Waals surface area contributed by atoms with Gasteiger partial charge in [-0.2, -0.15) is 0 Å². The molecule has 0 aliphatic heterocycles. The van der Waals surface area contributed by atoms with Gasteiger partial charge in [0.2, 0.25) is 0 Å². The summed E-state index contributed by atoms with van der Waals surface area (Å²) in [6.45, 7) is 5.39. The van der Waals surface area contributed by atoms with Crippen LogP contribution in [0, 0.1) is 13.8 Å². The number of allylic oxidation sites excluding steroid dienone is 2. The minimum atomic E-state index is -3.81. The van der Waals surface area contributed by atoms with Crippen molar-refractivity contribution in [3.63, 3.8) is 0 Å². The van der Waals surface area contributed by atoms with Crippen LogP contribution in [-0.4, -0.2) is 29.4 Å². The molecule has 0 bridgehead atoms. The molecule has 0 heterocycles. The molecule has 0 aromatic rings. The summed E-state index contributed by atoms with van der Waals surface area (Å²) in [6.07, 6.45) is 3.00. The van der Waals surface area contributed by atoms with Crippen molar-refractivity contribution in [2.24, 2.45) is 0 Å². The molecule has 0 unspecified atom stereocenters. The van der Waals surface area contributed by atoms with Crippen LogP contribution in [0.5, 0.6) is 0 Å². The predicted molar refractivity (Wildman–Crippen MR) is 73.0 cm³/mol. The number of hydrogen-bond donors (Lipinski definition) is 6. The fraction of sp³-hybridized carbons (Fsp3) is 0. The van der Waals surface area contributed by atoms with E-state index in [2.05, 4.69) is 50.6 Å². The average Bonchev–Trinajstić information content (AvgIpc) is 1.79. The fourth-order valence-corrected chi connectivity index (χ4v) is 0. The Bertz CT molecular complexity index is 208. The first-order chi connectivity index (χ1) is 6.83. The fourth-order valence-electron chi connectivity index (χ4n) is 0. The van der Waals surface area contributed by atoms with Gasteiger partial charge in [-0.1, -0.05) is 0 Å². The van der Waals surface area contributed by atoms with Gasteiger partial charge in [0.1, 0.15) is 0 Å². The zero-order chi connectivity index (χ0) is 14.4. The summed E-state index contributed by atoms with van der Waals surface area (Å²) in [5.74, 6) is 0. The van der Waals surface area contributed by atoms with Crippen LogP contribution in [0.4, 0.5) is 0 Å². The van der Waals surface area contributed by atoms with E-state index in [-0.39, 0.29) is 19.5 Å². The Hall–Kier alpha value is 0.903. The summed E-state index contributed by atoms with van der Waals surface area (Å²) in [5.41, 5.74) is 0. The molecule has 0 fully saturated rings. The molecule has 0 atom stereocenters. The minimum absolute atomic E-state index is 0. The van der Waals surface area contributed by atoms with E-state index in [9.17, 15) is 0 Å². The van der Waals surface area contributed by atoms with Crippen LogP contribution in [-0.2, 0) is 43.1 Å². The van der Waals surface area contributed by atoms with E-state index in [1.54, 1.807) is 0 Å². The van der Waals surface area contributed by atoms with Gasteiger partial charge in [-0.25, -0.2) is 39.2 Å². The summed E-state index contributed by atoms with van der Waals surface area (Å²) in [5, 5.41) is 0. The normalized spacial score (nSPS) is 8.35. The SMILES string of the molecule is C=C[CH2-].C=C[CH2-].OP(O)(O)=S.OP(O)(O)=S.[Zn+2]. The van der Waals surface area contributed by atoms with E-state index in [1.165, 1.54) is 12.2 Å². The molecular formula is C6H16O6P2S2Zn. The van der Waals surface area contributed by atoms with Gasteiger partial charge in [0, 0.05) is 0 Å². The Balaban J connectivity index is -0.0000000381. The molecule has 0 aliphatic carbocycles. The molecule has 17 heavy (non-hydrogen) atoms. The van der Waals surface area contributed by atoms with Gasteiger partial charge in [0.05, 0.1) is 0 Å². The van der Waals surface area contributed by atoms with Crippen molar-refractivity contribution in [3.05, 3.63) is 39.2 Å². The zero-order valence-corrected chi connectivity index (χ0v) is 15.5. The third kappa shape index (κ3) is 4600. The van der Waals surface area contributed by atoms with E-state index in [0.29, 0.717) is 0 Å². The van der Waals surface area contributed by atoms with Gasteiger partial charge in [-0.15, -0.1) is 0 Å². The minimum Gasteiger partial charge on any atom is -0.325 e. The monoisotopic (exact) mass is 374 g/mol. The Morgan fingerprint density at radius 2 is 0.765 bits per heavy atom. The molecule has 0 aliphatic rings. The van der Waals surface area contributed by atoms with E-state index < -0.39 is 13.4 Å². The van der Waals surface area contributed by atoms with Crippen molar-refractivity contribution in [2.75, 3.05) is 0 Å². The van der Waals surface area contributed by atoms with E-state index in [1.807, 2.05) is 0 Å². The molecule has 100 valence electrons. The van der Waals surface area contributed by atoms with Crippen molar-refractivity contribution in [2.45, 2.75) is 0 Å². The van der Waals surface area contributed by atoms with Gasteiger partial charge < -0.3 is 29.4 Å². The standard InChI is InChI=1S/2C3H5.2H3O3PS.Zn/c2*1-3-2;2*1-4(2,3)5;/h2*3H,1-2H2;2*(H3,1,2,3,5);/q2*-1;;;+2. The number of rotatable bonds is 0. The van der Waals surface area contributed by atoms with Crippen molar-refractivity contribution >= 4 is 37.1 Å². The predicted octanol–water partition coefficient (Wildman–Crippen LogP) is 0.386. The first-order valence-electron chi connectivity index (χ1n) is 3.20. The smallest absolute Gasteiger partial charge is 0.325 e. The van der Waals surface area contributed by atoms with Crippen LogP contribution < -0.4 is 0 Å². The third-order valence-electron chi connectivity index (χ3n) is 0. The Labute approximate surface area is 125 Å². The molecule has 0 amide bonds. The van der Waals surface area contributed by atoms with E-state index in [4.69, 9.17) is 29.4 Å². The second-order valence-corrected chi connectivity index (χ2v) is 6.60. The Kier molecular flexibility index (Phi) is 34.8. The summed E-state index contributed by atoms with van der Waals surface area (Å²) in [6, 6.07) is 0. The van der Waals surface area contributed by atoms with Crippen LogP contribution in [0.1, 0.15) is 0 Å². The van der Waals surface area contributed by atoms with Crippen LogP contribution in [0.2, 0.25) is 0 Å². The van der Waals surface area contributed by atoms with Gasteiger partial charge in [-0.3, -0.25) is 0 Å². The first-order valence-corrected chi connectivity index (χ1v) is 8.52. The van der Waals surface area contributed by atoms with E-state index in [0.717, 1.165) is 0 Å². The van der Waals surface area contributed by atoms with Crippen LogP contribution in [0.3, 0.4) is 0 Å². The van der Waals surface area contributed by atoms with E-state index >= 15 is 0 Å². The van der Waals surface area contributed by atoms with Crippen molar-refractivity contribution < 1.29 is 48.8 Å². The van der Waals surface area contributed by atoms with Crippen molar-refractivity contribution in [1.29, 1.82) is 0 Å². The molecule has 0 aromatic carbocycles. The molecule has 0 aromatic heterocycles. The number of hydrogen-bond acceptors (Lipinski definition) is 2. The molecule has 0 saturated heterocycles. The van der Waals surface area contributed by atoms with Gasteiger partial charge >= 0.3 is 32.9 Å². The quantitative estimate of drug-likeness (QED) is 0.204. The summed E-state index contributed by atoms with van der Waals surface area (Å²) < 4.78 is 0. The maximum atomic E-state index is 7.56. The molecule has 6 nitrogen and oxygen atoms in total. The zero-order valence-electron chi connectivity index (χ0n) is 9.08. The topological polar surface area (TPSA) is 121 Å². The molecule has 6 N–H and O–H groups in total.